The zero-order valence-electron chi connectivity index (χ0n) is 14.6. The van der Waals surface area contributed by atoms with Gasteiger partial charge in [0.1, 0.15) is 10.8 Å². The summed E-state index contributed by atoms with van der Waals surface area (Å²) in [6, 6.07) is 4.34. The van der Waals surface area contributed by atoms with Crippen molar-refractivity contribution in [1.29, 1.82) is 0 Å². The van der Waals surface area contributed by atoms with Crippen LogP contribution in [0.25, 0.3) is 0 Å². The van der Waals surface area contributed by atoms with Gasteiger partial charge in [-0.2, -0.15) is 0 Å². The summed E-state index contributed by atoms with van der Waals surface area (Å²) in [5, 5.41) is 13.8. The number of amides is 1. The molecular weight excluding hydrogens is 379 g/mol. The first-order chi connectivity index (χ1) is 12.8. The molecule has 0 spiro atoms. The van der Waals surface area contributed by atoms with Gasteiger partial charge in [-0.1, -0.05) is 6.92 Å². The van der Waals surface area contributed by atoms with Crippen molar-refractivity contribution in [2.75, 3.05) is 18.5 Å². The fourth-order valence-corrected chi connectivity index (χ4v) is 3.13. The molecule has 2 rings (SSSR count). The largest absolute Gasteiger partial charge is 0.477 e. The van der Waals surface area contributed by atoms with Gasteiger partial charge in [-0.3, -0.25) is 14.9 Å². The number of hydrogen-bond acceptors (Lipinski definition) is 7. The number of aryl methyl sites for hydroxylation is 1. The van der Waals surface area contributed by atoms with Crippen molar-refractivity contribution in [3.8, 4) is 5.75 Å². The molecule has 0 atom stereocenters. The maximum absolute atomic E-state index is 13.3. The molecular formula is C17H17FN2O6S. The normalized spacial score (nSPS) is 10.3. The summed E-state index contributed by atoms with van der Waals surface area (Å²) < 4.78 is 23.3. The number of nitro benzene ring substituents is 1. The maximum Gasteiger partial charge on any atom is 0.341 e. The molecule has 0 fully saturated rings. The highest BCUT2D eigenvalue weighted by molar-refractivity contribution is 7.16. The van der Waals surface area contributed by atoms with E-state index < -0.39 is 34.9 Å². The van der Waals surface area contributed by atoms with Gasteiger partial charge in [-0.05, 0) is 25.5 Å². The number of esters is 1. The van der Waals surface area contributed by atoms with Gasteiger partial charge in [-0.25, -0.2) is 9.18 Å². The van der Waals surface area contributed by atoms with Crippen molar-refractivity contribution in [2.24, 2.45) is 0 Å². The van der Waals surface area contributed by atoms with Crippen LogP contribution in [-0.2, 0) is 16.0 Å². The molecule has 1 aromatic carbocycles. The van der Waals surface area contributed by atoms with E-state index in [4.69, 9.17) is 9.47 Å². The van der Waals surface area contributed by atoms with Crippen LogP contribution in [0.3, 0.4) is 0 Å². The second-order valence-electron chi connectivity index (χ2n) is 5.24. The Kier molecular flexibility index (Phi) is 6.83. The summed E-state index contributed by atoms with van der Waals surface area (Å²) in [7, 11) is 0. The molecule has 0 bridgehead atoms. The van der Waals surface area contributed by atoms with Gasteiger partial charge >= 0.3 is 11.7 Å². The molecule has 0 saturated heterocycles. The molecule has 0 aliphatic heterocycles. The Balaban J connectivity index is 2.11. The predicted molar refractivity (Wildman–Crippen MR) is 96.8 cm³/mol. The lowest BCUT2D eigenvalue weighted by atomic mass is 10.2. The third-order valence-electron chi connectivity index (χ3n) is 3.36. The summed E-state index contributed by atoms with van der Waals surface area (Å²) in [4.78, 5) is 35.2. The number of rotatable bonds is 8. The van der Waals surface area contributed by atoms with Gasteiger partial charge in [0, 0.05) is 17.0 Å². The number of nitrogens with one attached hydrogen (secondary N) is 1. The molecule has 0 unspecified atom stereocenters. The Hall–Kier alpha value is -3.01. The number of anilines is 1. The van der Waals surface area contributed by atoms with E-state index in [1.54, 1.807) is 13.0 Å². The van der Waals surface area contributed by atoms with Gasteiger partial charge in [0.2, 0.25) is 5.75 Å². The van der Waals surface area contributed by atoms with Gasteiger partial charge < -0.3 is 14.8 Å². The summed E-state index contributed by atoms with van der Waals surface area (Å²) in [6.07, 6.45) is 0.666. The van der Waals surface area contributed by atoms with Crippen LogP contribution in [0.4, 0.5) is 15.1 Å². The average molecular weight is 396 g/mol. The van der Waals surface area contributed by atoms with E-state index in [0.29, 0.717) is 11.4 Å². The van der Waals surface area contributed by atoms with Crippen LogP contribution in [0.2, 0.25) is 0 Å². The smallest absolute Gasteiger partial charge is 0.341 e. The first kappa shape index (κ1) is 20.3. The minimum Gasteiger partial charge on any atom is -0.477 e. The van der Waals surface area contributed by atoms with Crippen molar-refractivity contribution in [2.45, 2.75) is 20.3 Å². The van der Waals surface area contributed by atoms with Gasteiger partial charge in [-0.15, -0.1) is 11.3 Å². The third kappa shape index (κ3) is 5.23. The molecule has 0 aliphatic rings. The summed E-state index contributed by atoms with van der Waals surface area (Å²) >= 11 is 1.22. The van der Waals surface area contributed by atoms with Gasteiger partial charge in [0.15, 0.2) is 6.61 Å². The number of nitrogens with zero attached hydrogens (tertiary/aromatic N) is 1. The molecule has 1 amide bonds. The Morgan fingerprint density at radius 1 is 1.30 bits per heavy atom. The zero-order chi connectivity index (χ0) is 20.0. The molecule has 1 heterocycles. The SMILES string of the molecule is CCOC(=O)c1cc(CC)sc1NC(=O)COc1cc(F)ccc1[N+](=O)[O-]. The molecule has 0 radical (unpaired) electrons. The van der Waals surface area contributed by atoms with Crippen LogP contribution >= 0.6 is 11.3 Å². The van der Waals surface area contributed by atoms with Crippen LogP contribution in [-0.4, -0.2) is 30.0 Å². The van der Waals surface area contributed by atoms with E-state index in [2.05, 4.69) is 5.32 Å². The lowest BCUT2D eigenvalue weighted by Gasteiger charge is -2.08. The third-order valence-corrected chi connectivity index (χ3v) is 4.55. The second-order valence-corrected chi connectivity index (χ2v) is 6.37. The molecule has 10 heteroatoms. The lowest BCUT2D eigenvalue weighted by molar-refractivity contribution is -0.385. The fraction of sp³-hybridized carbons (Fsp3) is 0.294. The predicted octanol–water partition coefficient (Wildman–Crippen LogP) is 3.55. The molecule has 27 heavy (non-hydrogen) atoms. The molecule has 8 nitrogen and oxygen atoms in total. The molecule has 1 aromatic heterocycles. The topological polar surface area (TPSA) is 108 Å². The molecule has 0 saturated carbocycles. The molecule has 144 valence electrons. The summed E-state index contributed by atoms with van der Waals surface area (Å²) in [5.74, 6) is -2.30. The van der Waals surface area contributed by atoms with Crippen LogP contribution in [0.5, 0.6) is 5.75 Å². The lowest BCUT2D eigenvalue weighted by Crippen LogP contribution is -2.21. The minimum absolute atomic E-state index is 0.190. The van der Waals surface area contributed by atoms with Crippen molar-refractivity contribution in [3.05, 3.63) is 50.6 Å². The quantitative estimate of drug-likeness (QED) is 0.415. The number of benzene rings is 1. The van der Waals surface area contributed by atoms with Crippen LogP contribution in [0.1, 0.15) is 29.1 Å². The zero-order valence-corrected chi connectivity index (χ0v) is 15.4. The number of nitro groups is 1. The van der Waals surface area contributed by atoms with Gasteiger partial charge in [0.25, 0.3) is 5.91 Å². The van der Waals surface area contributed by atoms with Crippen molar-refractivity contribution in [3.63, 3.8) is 0 Å². The van der Waals surface area contributed by atoms with E-state index in [9.17, 15) is 24.1 Å². The summed E-state index contributed by atoms with van der Waals surface area (Å²) in [6.45, 7) is 3.17. The first-order valence-electron chi connectivity index (χ1n) is 8.02. The molecule has 0 aliphatic carbocycles. The van der Waals surface area contributed by atoms with E-state index in [1.165, 1.54) is 11.3 Å². The number of thiophene rings is 1. The Morgan fingerprint density at radius 2 is 2.04 bits per heavy atom. The standard InChI is InChI=1S/C17H17FN2O6S/c1-3-11-8-12(17(22)25-4-2)16(27-11)19-15(21)9-26-14-7-10(18)5-6-13(14)20(23)24/h5-8H,3-4,9H2,1-2H3,(H,19,21). The van der Waals surface area contributed by atoms with Crippen LogP contribution < -0.4 is 10.1 Å². The van der Waals surface area contributed by atoms with Crippen molar-refractivity contribution in [1.82, 2.24) is 0 Å². The second kappa shape index (κ2) is 9.08. The Morgan fingerprint density at radius 3 is 2.67 bits per heavy atom. The first-order valence-corrected chi connectivity index (χ1v) is 8.83. The molecule has 2 aromatic rings. The minimum atomic E-state index is -0.738. The Labute approximate surface area is 158 Å². The highest BCUT2D eigenvalue weighted by Crippen LogP contribution is 2.30. The maximum atomic E-state index is 13.3. The van der Waals surface area contributed by atoms with E-state index in [-0.39, 0.29) is 17.9 Å². The number of carbonyl (C=O) groups is 2. The van der Waals surface area contributed by atoms with Crippen molar-refractivity contribution < 1.29 is 28.4 Å². The van der Waals surface area contributed by atoms with E-state index >= 15 is 0 Å². The average Bonchev–Trinajstić information content (AvgIpc) is 3.03. The van der Waals surface area contributed by atoms with E-state index in [1.807, 2.05) is 6.92 Å². The highest BCUT2D eigenvalue weighted by Gasteiger charge is 2.20. The van der Waals surface area contributed by atoms with Gasteiger partial charge in [0.05, 0.1) is 17.1 Å². The van der Waals surface area contributed by atoms with E-state index in [0.717, 1.165) is 23.1 Å². The van der Waals surface area contributed by atoms with Crippen molar-refractivity contribution >= 4 is 33.9 Å². The highest BCUT2D eigenvalue weighted by atomic mass is 32.1. The number of halogens is 1. The number of ether oxygens (including phenoxy) is 2. The monoisotopic (exact) mass is 396 g/mol. The van der Waals surface area contributed by atoms with Crippen LogP contribution in [0, 0.1) is 15.9 Å². The molecule has 1 N–H and O–H groups in total. The summed E-state index contributed by atoms with van der Waals surface area (Å²) in [5.41, 5.74) is -0.232. The Bertz CT molecular complexity index is 867. The van der Waals surface area contributed by atoms with Crippen LogP contribution in [0.15, 0.2) is 24.3 Å². The number of hydrogen-bond donors (Lipinski definition) is 1. The number of carbonyl (C=O) groups excluding carboxylic acids is 2. The fourth-order valence-electron chi connectivity index (χ4n) is 2.13.